The number of benzene rings is 2. The van der Waals surface area contributed by atoms with Gasteiger partial charge in [-0.3, -0.25) is 10.1 Å². The minimum atomic E-state index is -0.438. The monoisotopic (exact) mass is 343 g/mol. The van der Waals surface area contributed by atoms with Gasteiger partial charge >= 0.3 is 0 Å². The Balaban J connectivity index is 2.01. The molecule has 7 heteroatoms. The van der Waals surface area contributed by atoms with E-state index in [-0.39, 0.29) is 17.4 Å². The Labute approximate surface area is 143 Å². The zero-order valence-corrected chi connectivity index (χ0v) is 13.3. The van der Waals surface area contributed by atoms with Gasteiger partial charge in [-0.2, -0.15) is 0 Å². The second-order valence-electron chi connectivity index (χ2n) is 5.21. The molecule has 6 nitrogen and oxygen atoms in total. The highest BCUT2D eigenvalue weighted by molar-refractivity contribution is 6.30. The Bertz CT molecular complexity index is 861. The van der Waals surface area contributed by atoms with E-state index in [1.807, 2.05) is 34.9 Å². The van der Waals surface area contributed by atoms with Crippen molar-refractivity contribution < 1.29 is 10.0 Å². The molecule has 0 aliphatic heterocycles. The standard InChI is InChI=1S/C17H14ClN3O3/c18-16-15(11-22)20(17(19-16)13-4-2-1-3-5-13)10-12-6-8-14(9-7-12)21(23)24/h1-9,22H,10-11H2. The third-order valence-corrected chi connectivity index (χ3v) is 4.00. The zero-order chi connectivity index (χ0) is 17.1. The van der Waals surface area contributed by atoms with Crippen LogP contribution in [0.15, 0.2) is 54.6 Å². The van der Waals surface area contributed by atoms with Crippen molar-refractivity contribution in [3.63, 3.8) is 0 Å². The van der Waals surface area contributed by atoms with E-state index in [9.17, 15) is 15.2 Å². The average Bonchev–Trinajstić information content (AvgIpc) is 2.91. The number of imidazole rings is 1. The van der Waals surface area contributed by atoms with Gasteiger partial charge in [-0.25, -0.2) is 4.98 Å². The molecular formula is C17H14ClN3O3. The number of nitrogens with zero attached hydrogens (tertiary/aromatic N) is 3. The van der Waals surface area contributed by atoms with E-state index in [4.69, 9.17) is 11.6 Å². The minimum Gasteiger partial charge on any atom is -0.390 e. The highest BCUT2D eigenvalue weighted by Crippen LogP contribution is 2.27. The number of nitro groups is 1. The summed E-state index contributed by atoms with van der Waals surface area (Å²) in [6, 6.07) is 15.8. The fraction of sp³-hybridized carbons (Fsp3) is 0.118. The van der Waals surface area contributed by atoms with Crippen molar-refractivity contribution in [3.05, 3.63) is 81.1 Å². The first-order chi connectivity index (χ1) is 11.6. The van der Waals surface area contributed by atoms with Gasteiger partial charge < -0.3 is 9.67 Å². The molecular weight excluding hydrogens is 330 g/mol. The highest BCUT2D eigenvalue weighted by Gasteiger charge is 2.17. The molecule has 122 valence electrons. The maximum Gasteiger partial charge on any atom is 0.269 e. The molecule has 0 amide bonds. The molecule has 1 heterocycles. The molecule has 0 fully saturated rings. The number of halogens is 1. The molecule has 0 aliphatic carbocycles. The lowest BCUT2D eigenvalue weighted by molar-refractivity contribution is -0.384. The Morgan fingerprint density at radius 1 is 1.12 bits per heavy atom. The van der Waals surface area contributed by atoms with E-state index < -0.39 is 4.92 Å². The van der Waals surface area contributed by atoms with Crippen LogP contribution in [0.5, 0.6) is 0 Å². The molecule has 3 aromatic rings. The van der Waals surface area contributed by atoms with Crippen molar-refractivity contribution in [2.24, 2.45) is 0 Å². The highest BCUT2D eigenvalue weighted by atomic mass is 35.5. The Hall–Kier alpha value is -2.70. The predicted octanol–water partition coefficient (Wildman–Crippen LogP) is 3.65. The number of nitro benzene ring substituents is 1. The summed E-state index contributed by atoms with van der Waals surface area (Å²) in [5.74, 6) is 0.642. The van der Waals surface area contributed by atoms with E-state index >= 15 is 0 Å². The van der Waals surface area contributed by atoms with Gasteiger partial charge in [0.05, 0.1) is 17.2 Å². The zero-order valence-electron chi connectivity index (χ0n) is 12.6. The van der Waals surface area contributed by atoms with Crippen LogP contribution in [-0.2, 0) is 13.2 Å². The summed E-state index contributed by atoms with van der Waals surface area (Å²) < 4.78 is 1.82. The Morgan fingerprint density at radius 2 is 1.79 bits per heavy atom. The van der Waals surface area contributed by atoms with Crippen molar-refractivity contribution in [3.8, 4) is 11.4 Å². The van der Waals surface area contributed by atoms with Gasteiger partial charge in [0, 0.05) is 24.2 Å². The number of hydrogen-bond acceptors (Lipinski definition) is 4. The van der Waals surface area contributed by atoms with Crippen LogP contribution < -0.4 is 0 Å². The van der Waals surface area contributed by atoms with Crippen molar-refractivity contribution >= 4 is 17.3 Å². The first-order valence-electron chi connectivity index (χ1n) is 7.24. The first-order valence-corrected chi connectivity index (χ1v) is 7.62. The smallest absolute Gasteiger partial charge is 0.269 e. The molecule has 24 heavy (non-hydrogen) atoms. The van der Waals surface area contributed by atoms with Crippen molar-refractivity contribution in [2.45, 2.75) is 13.2 Å². The van der Waals surface area contributed by atoms with Crippen LogP contribution in [0.1, 0.15) is 11.3 Å². The lowest BCUT2D eigenvalue weighted by Crippen LogP contribution is -2.07. The fourth-order valence-corrected chi connectivity index (χ4v) is 2.73. The van der Waals surface area contributed by atoms with Gasteiger partial charge in [0.2, 0.25) is 0 Å². The van der Waals surface area contributed by atoms with Gasteiger partial charge in [0.1, 0.15) is 5.82 Å². The van der Waals surface area contributed by atoms with Crippen molar-refractivity contribution in [2.75, 3.05) is 0 Å². The van der Waals surface area contributed by atoms with Crippen LogP contribution in [-0.4, -0.2) is 19.6 Å². The molecule has 2 aromatic carbocycles. The minimum absolute atomic E-state index is 0.0353. The number of aromatic nitrogens is 2. The lowest BCUT2D eigenvalue weighted by atomic mass is 10.2. The summed E-state index contributed by atoms with van der Waals surface area (Å²) >= 11 is 6.15. The molecule has 0 aliphatic rings. The van der Waals surface area contributed by atoms with E-state index in [1.165, 1.54) is 12.1 Å². The normalized spacial score (nSPS) is 10.8. The summed E-state index contributed by atoms with van der Waals surface area (Å²) in [6.07, 6.45) is 0. The second kappa shape index (κ2) is 6.82. The maximum atomic E-state index is 10.8. The van der Waals surface area contributed by atoms with Gasteiger partial charge in [-0.05, 0) is 5.56 Å². The molecule has 0 bridgehead atoms. The molecule has 1 N–H and O–H groups in total. The summed E-state index contributed by atoms with van der Waals surface area (Å²) in [7, 11) is 0. The summed E-state index contributed by atoms with van der Waals surface area (Å²) in [6.45, 7) is 0.156. The fourth-order valence-electron chi connectivity index (χ4n) is 2.49. The quantitative estimate of drug-likeness (QED) is 0.566. The molecule has 0 spiro atoms. The van der Waals surface area contributed by atoms with Crippen LogP contribution in [0, 0.1) is 10.1 Å². The topological polar surface area (TPSA) is 81.2 Å². The van der Waals surface area contributed by atoms with E-state index in [0.717, 1.165) is 11.1 Å². The Morgan fingerprint density at radius 3 is 2.38 bits per heavy atom. The molecule has 0 saturated heterocycles. The Kier molecular flexibility index (Phi) is 4.59. The van der Waals surface area contributed by atoms with Crippen molar-refractivity contribution in [1.82, 2.24) is 9.55 Å². The average molecular weight is 344 g/mol. The molecule has 3 rings (SSSR count). The summed E-state index contributed by atoms with van der Waals surface area (Å²) in [5, 5.41) is 20.6. The molecule has 0 atom stereocenters. The molecule has 0 radical (unpaired) electrons. The largest absolute Gasteiger partial charge is 0.390 e. The second-order valence-corrected chi connectivity index (χ2v) is 5.56. The molecule has 0 saturated carbocycles. The molecule has 0 unspecified atom stereocenters. The van der Waals surface area contributed by atoms with Gasteiger partial charge in [0.15, 0.2) is 5.15 Å². The SMILES string of the molecule is O=[N+]([O-])c1ccc(Cn2c(-c3ccccc3)nc(Cl)c2CO)cc1. The number of hydrogen-bond donors (Lipinski definition) is 1. The van der Waals surface area contributed by atoms with Crippen LogP contribution in [0.4, 0.5) is 5.69 Å². The van der Waals surface area contributed by atoms with Crippen LogP contribution in [0.3, 0.4) is 0 Å². The van der Waals surface area contributed by atoms with Crippen molar-refractivity contribution in [1.29, 1.82) is 0 Å². The molecule has 1 aromatic heterocycles. The third kappa shape index (κ3) is 3.15. The van der Waals surface area contributed by atoms with Gasteiger partial charge in [-0.1, -0.05) is 54.1 Å². The maximum absolute atomic E-state index is 10.8. The van der Waals surface area contributed by atoms with E-state index in [0.29, 0.717) is 18.1 Å². The number of aliphatic hydroxyl groups excluding tert-OH is 1. The number of rotatable bonds is 5. The predicted molar refractivity (Wildman–Crippen MR) is 90.8 cm³/mol. The summed E-state index contributed by atoms with van der Waals surface area (Å²) in [5.41, 5.74) is 2.27. The van der Waals surface area contributed by atoms with Gasteiger partial charge in [-0.15, -0.1) is 0 Å². The van der Waals surface area contributed by atoms with Gasteiger partial charge in [0.25, 0.3) is 5.69 Å². The van der Waals surface area contributed by atoms with Crippen LogP contribution in [0.2, 0.25) is 5.15 Å². The first kappa shape index (κ1) is 16.2. The number of non-ortho nitro benzene ring substituents is 1. The van der Waals surface area contributed by atoms with Crippen LogP contribution in [0.25, 0.3) is 11.4 Å². The third-order valence-electron chi connectivity index (χ3n) is 3.69. The summed E-state index contributed by atoms with van der Waals surface area (Å²) in [4.78, 5) is 14.7. The van der Waals surface area contributed by atoms with E-state index in [2.05, 4.69) is 4.98 Å². The van der Waals surface area contributed by atoms with Crippen LogP contribution >= 0.6 is 11.6 Å². The lowest BCUT2D eigenvalue weighted by Gasteiger charge is -2.11. The number of aliphatic hydroxyl groups is 1. The van der Waals surface area contributed by atoms with E-state index in [1.54, 1.807) is 12.1 Å².